The zero-order valence-electron chi connectivity index (χ0n) is 11.7. The van der Waals surface area contributed by atoms with Crippen LogP contribution in [0.15, 0.2) is 28.8 Å². The second-order valence-electron chi connectivity index (χ2n) is 4.27. The number of halogens is 1. The predicted octanol–water partition coefficient (Wildman–Crippen LogP) is 1.38. The molecule has 2 rings (SSSR count). The van der Waals surface area contributed by atoms with Crippen molar-refractivity contribution in [2.24, 2.45) is 5.73 Å². The van der Waals surface area contributed by atoms with E-state index in [2.05, 4.69) is 15.5 Å². The Hall–Kier alpha value is -1.96. The minimum atomic E-state index is -0.712. The molecule has 21 heavy (non-hydrogen) atoms. The standard InChI is InChI=1S/C13H16N4O3.ClH/c1-8-15-12(17-20-8)9-4-3-5-10(6-9)16-13(18)11(14)7-19-2;/h3-6,11H,7,14H2,1-2H3,(H,16,18);1H. The second kappa shape index (κ2) is 7.72. The van der Waals surface area contributed by atoms with Crippen LogP contribution in [-0.2, 0) is 9.53 Å². The maximum atomic E-state index is 11.8. The van der Waals surface area contributed by atoms with Crippen LogP contribution in [0.1, 0.15) is 5.89 Å². The number of nitrogens with two attached hydrogens (primary N) is 1. The Balaban J connectivity index is 0.00000220. The summed E-state index contributed by atoms with van der Waals surface area (Å²) in [5.74, 6) is 0.643. The lowest BCUT2D eigenvalue weighted by molar-refractivity contribution is -0.118. The van der Waals surface area contributed by atoms with Crippen LogP contribution in [0.5, 0.6) is 0 Å². The quantitative estimate of drug-likeness (QED) is 0.864. The molecule has 0 spiro atoms. The molecule has 1 heterocycles. The molecule has 0 aliphatic heterocycles. The first-order valence-corrected chi connectivity index (χ1v) is 6.06. The Kier molecular flexibility index (Phi) is 6.29. The van der Waals surface area contributed by atoms with Gasteiger partial charge in [-0.05, 0) is 12.1 Å². The van der Waals surface area contributed by atoms with Gasteiger partial charge in [0.15, 0.2) is 0 Å². The van der Waals surface area contributed by atoms with Gasteiger partial charge in [0.1, 0.15) is 6.04 Å². The number of carbonyl (C=O) groups excluding carboxylic acids is 1. The zero-order chi connectivity index (χ0) is 14.5. The molecule has 0 bridgehead atoms. The smallest absolute Gasteiger partial charge is 0.243 e. The Morgan fingerprint density at radius 2 is 2.29 bits per heavy atom. The molecule has 1 aromatic heterocycles. The molecule has 1 aromatic carbocycles. The fourth-order valence-electron chi connectivity index (χ4n) is 1.64. The van der Waals surface area contributed by atoms with Crippen molar-refractivity contribution in [1.82, 2.24) is 10.1 Å². The van der Waals surface area contributed by atoms with Crippen LogP contribution in [0.2, 0.25) is 0 Å². The fraction of sp³-hybridized carbons (Fsp3) is 0.308. The number of hydrogen-bond acceptors (Lipinski definition) is 6. The van der Waals surface area contributed by atoms with Crippen molar-refractivity contribution in [1.29, 1.82) is 0 Å². The van der Waals surface area contributed by atoms with Crippen LogP contribution in [0.25, 0.3) is 11.4 Å². The van der Waals surface area contributed by atoms with Gasteiger partial charge in [0.25, 0.3) is 0 Å². The lowest BCUT2D eigenvalue weighted by Gasteiger charge is -2.11. The van der Waals surface area contributed by atoms with E-state index in [1.165, 1.54) is 7.11 Å². The van der Waals surface area contributed by atoms with E-state index < -0.39 is 6.04 Å². The number of nitrogens with zero attached hydrogens (tertiary/aromatic N) is 2. The SMILES string of the molecule is COCC(N)C(=O)Nc1cccc(-c2noc(C)n2)c1.Cl. The highest BCUT2D eigenvalue weighted by molar-refractivity contribution is 5.95. The average Bonchev–Trinajstić information content (AvgIpc) is 2.86. The van der Waals surface area contributed by atoms with Crippen LogP contribution < -0.4 is 11.1 Å². The van der Waals surface area contributed by atoms with Gasteiger partial charge in [-0.15, -0.1) is 12.4 Å². The van der Waals surface area contributed by atoms with Gasteiger partial charge in [-0.2, -0.15) is 4.98 Å². The minimum Gasteiger partial charge on any atom is -0.383 e. The summed E-state index contributed by atoms with van der Waals surface area (Å²) < 4.78 is 9.77. The third kappa shape index (κ3) is 4.52. The summed E-state index contributed by atoms with van der Waals surface area (Å²) in [7, 11) is 1.49. The van der Waals surface area contributed by atoms with Gasteiger partial charge in [-0.25, -0.2) is 0 Å². The number of carbonyl (C=O) groups is 1. The molecule has 0 radical (unpaired) electrons. The number of ether oxygens (including phenoxy) is 1. The summed E-state index contributed by atoms with van der Waals surface area (Å²) in [6.45, 7) is 1.88. The van der Waals surface area contributed by atoms with Crippen LogP contribution in [0.3, 0.4) is 0 Å². The monoisotopic (exact) mass is 312 g/mol. The van der Waals surface area contributed by atoms with Gasteiger partial charge >= 0.3 is 0 Å². The van der Waals surface area contributed by atoms with E-state index in [0.29, 0.717) is 17.4 Å². The van der Waals surface area contributed by atoms with Crippen LogP contribution in [0, 0.1) is 6.92 Å². The lowest BCUT2D eigenvalue weighted by atomic mass is 10.2. The zero-order valence-corrected chi connectivity index (χ0v) is 12.5. The number of hydrogen-bond donors (Lipinski definition) is 2. The molecule has 1 atom stereocenters. The highest BCUT2D eigenvalue weighted by Gasteiger charge is 2.14. The molecule has 0 aliphatic rings. The molecule has 0 fully saturated rings. The number of aromatic nitrogens is 2. The van der Waals surface area contributed by atoms with E-state index in [-0.39, 0.29) is 24.9 Å². The normalized spacial score (nSPS) is 11.6. The van der Waals surface area contributed by atoms with E-state index in [0.717, 1.165) is 5.56 Å². The summed E-state index contributed by atoms with van der Waals surface area (Å²) in [5, 5.41) is 6.54. The molecule has 0 aliphatic carbocycles. The Morgan fingerprint density at radius 3 is 2.90 bits per heavy atom. The van der Waals surface area contributed by atoms with Gasteiger partial charge in [0.05, 0.1) is 6.61 Å². The molecule has 0 saturated carbocycles. The van der Waals surface area contributed by atoms with Crippen molar-refractivity contribution in [2.45, 2.75) is 13.0 Å². The number of aryl methyl sites for hydroxylation is 1. The van der Waals surface area contributed by atoms with Crippen molar-refractivity contribution >= 4 is 24.0 Å². The maximum Gasteiger partial charge on any atom is 0.243 e. The fourth-order valence-corrected chi connectivity index (χ4v) is 1.64. The first-order chi connectivity index (χ1) is 9.60. The third-order valence-electron chi connectivity index (χ3n) is 2.60. The highest BCUT2D eigenvalue weighted by Crippen LogP contribution is 2.19. The molecular formula is C13H17ClN4O3. The second-order valence-corrected chi connectivity index (χ2v) is 4.27. The number of methoxy groups -OCH3 is 1. The van der Waals surface area contributed by atoms with Crippen molar-refractivity contribution in [2.75, 3.05) is 19.0 Å². The van der Waals surface area contributed by atoms with Gasteiger partial charge < -0.3 is 20.3 Å². The van der Waals surface area contributed by atoms with Gasteiger partial charge in [-0.3, -0.25) is 4.79 Å². The van der Waals surface area contributed by atoms with E-state index in [9.17, 15) is 4.79 Å². The number of rotatable bonds is 5. The van der Waals surface area contributed by atoms with Gasteiger partial charge in [0, 0.05) is 25.3 Å². The van der Waals surface area contributed by atoms with Crippen molar-refractivity contribution in [3.05, 3.63) is 30.2 Å². The molecule has 1 amide bonds. The molecule has 114 valence electrons. The summed E-state index contributed by atoms with van der Waals surface area (Å²) in [6, 6.07) is 6.42. The Bertz CT molecular complexity index is 603. The van der Waals surface area contributed by atoms with Gasteiger partial charge in [-0.1, -0.05) is 17.3 Å². The van der Waals surface area contributed by atoms with E-state index in [1.807, 2.05) is 6.07 Å². The van der Waals surface area contributed by atoms with E-state index in [4.69, 9.17) is 15.0 Å². The third-order valence-corrected chi connectivity index (χ3v) is 2.60. The Morgan fingerprint density at radius 1 is 1.52 bits per heavy atom. The molecule has 0 saturated heterocycles. The van der Waals surface area contributed by atoms with Crippen LogP contribution >= 0.6 is 12.4 Å². The molecule has 7 nitrogen and oxygen atoms in total. The molecular weight excluding hydrogens is 296 g/mol. The Labute approximate surface area is 128 Å². The lowest BCUT2D eigenvalue weighted by Crippen LogP contribution is -2.39. The van der Waals surface area contributed by atoms with Crippen LogP contribution in [-0.4, -0.2) is 35.8 Å². The van der Waals surface area contributed by atoms with E-state index >= 15 is 0 Å². The first-order valence-electron chi connectivity index (χ1n) is 6.06. The summed E-state index contributed by atoms with van der Waals surface area (Å²) in [6.07, 6.45) is 0. The minimum absolute atomic E-state index is 0. The predicted molar refractivity (Wildman–Crippen MR) is 80.2 cm³/mol. The highest BCUT2D eigenvalue weighted by atomic mass is 35.5. The maximum absolute atomic E-state index is 11.8. The average molecular weight is 313 g/mol. The molecule has 1 unspecified atom stereocenters. The number of anilines is 1. The van der Waals surface area contributed by atoms with Gasteiger partial charge in [0.2, 0.25) is 17.6 Å². The van der Waals surface area contributed by atoms with E-state index in [1.54, 1.807) is 25.1 Å². The van der Waals surface area contributed by atoms with Crippen molar-refractivity contribution < 1.29 is 14.1 Å². The summed E-state index contributed by atoms with van der Waals surface area (Å²) >= 11 is 0. The first kappa shape index (κ1) is 17.1. The summed E-state index contributed by atoms with van der Waals surface area (Å²) in [5.41, 5.74) is 7.01. The number of amides is 1. The molecule has 2 aromatic rings. The summed E-state index contributed by atoms with van der Waals surface area (Å²) in [4.78, 5) is 15.9. The molecule has 3 N–H and O–H groups in total. The number of benzene rings is 1. The van der Waals surface area contributed by atoms with Crippen molar-refractivity contribution in [3.8, 4) is 11.4 Å². The topological polar surface area (TPSA) is 103 Å². The molecule has 8 heteroatoms. The number of nitrogens with one attached hydrogen (secondary N) is 1. The largest absolute Gasteiger partial charge is 0.383 e. The van der Waals surface area contributed by atoms with Crippen LogP contribution in [0.4, 0.5) is 5.69 Å². The van der Waals surface area contributed by atoms with Crippen molar-refractivity contribution in [3.63, 3.8) is 0 Å².